The van der Waals surface area contributed by atoms with Crippen molar-refractivity contribution in [2.75, 3.05) is 13.2 Å². The van der Waals surface area contributed by atoms with E-state index in [2.05, 4.69) is 41.5 Å². The van der Waals surface area contributed by atoms with E-state index < -0.39 is 9.28 Å². The first-order valence-corrected chi connectivity index (χ1v) is 10.9. The van der Waals surface area contributed by atoms with E-state index in [9.17, 15) is 0 Å². The van der Waals surface area contributed by atoms with Crippen molar-refractivity contribution in [3.8, 4) is 0 Å². The molecule has 0 bridgehead atoms. The molecule has 0 amide bonds. The summed E-state index contributed by atoms with van der Waals surface area (Å²) in [6.45, 7) is 15.5. The molecule has 3 heteroatoms. The van der Waals surface area contributed by atoms with Crippen LogP contribution < -0.4 is 0 Å². The van der Waals surface area contributed by atoms with Gasteiger partial charge >= 0.3 is 9.28 Å². The lowest BCUT2D eigenvalue weighted by Crippen LogP contribution is -2.29. The lowest BCUT2D eigenvalue weighted by Gasteiger charge is -2.23. The Labute approximate surface area is 135 Å². The SMILES string of the molecule is CCCC(C)CCO[SiH](OCCC(C)CCC)C(C)CC. The summed E-state index contributed by atoms with van der Waals surface area (Å²) in [5, 5.41) is 0. The monoisotopic (exact) mass is 316 g/mol. The largest absolute Gasteiger partial charge is 0.396 e. The molecule has 128 valence electrons. The van der Waals surface area contributed by atoms with Gasteiger partial charge < -0.3 is 8.85 Å². The van der Waals surface area contributed by atoms with Gasteiger partial charge in [-0.2, -0.15) is 0 Å². The van der Waals surface area contributed by atoms with Crippen LogP contribution in [0, 0.1) is 11.8 Å². The first-order valence-electron chi connectivity index (χ1n) is 9.28. The first-order chi connectivity index (χ1) is 10.0. The van der Waals surface area contributed by atoms with Gasteiger partial charge in [-0.15, -0.1) is 0 Å². The predicted molar refractivity (Wildman–Crippen MR) is 96.1 cm³/mol. The molecule has 0 N–H and O–H groups in total. The Kier molecular flexibility index (Phi) is 13.9. The van der Waals surface area contributed by atoms with Crippen LogP contribution in [0.25, 0.3) is 0 Å². The summed E-state index contributed by atoms with van der Waals surface area (Å²) in [4.78, 5) is 0. The smallest absolute Gasteiger partial charge is 0.324 e. The summed E-state index contributed by atoms with van der Waals surface area (Å²) in [5.41, 5.74) is 0.618. The van der Waals surface area contributed by atoms with Gasteiger partial charge in [0.15, 0.2) is 0 Å². The zero-order valence-electron chi connectivity index (χ0n) is 15.5. The van der Waals surface area contributed by atoms with Crippen LogP contribution in [0.15, 0.2) is 0 Å². The second-order valence-corrected chi connectivity index (χ2v) is 9.40. The molecule has 0 aromatic carbocycles. The van der Waals surface area contributed by atoms with Crippen molar-refractivity contribution in [3.63, 3.8) is 0 Å². The summed E-state index contributed by atoms with van der Waals surface area (Å²) in [6.07, 6.45) is 8.72. The minimum atomic E-state index is -1.49. The third-order valence-electron chi connectivity index (χ3n) is 4.46. The Balaban J connectivity index is 3.98. The third kappa shape index (κ3) is 11.4. The average molecular weight is 317 g/mol. The van der Waals surface area contributed by atoms with E-state index in [0.717, 1.165) is 25.0 Å². The predicted octanol–water partition coefficient (Wildman–Crippen LogP) is 5.69. The van der Waals surface area contributed by atoms with Crippen LogP contribution in [-0.2, 0) is 8.85 Å². The molecule has 0 saturated heterocycles. The van der Waals surface area contributed by atoms with Gasteiger partial charge in [-0.3, -0.25) is 0 Å². The van der Waals surface area contributed by atoms with Crippen LogP contribution in [0.1, 0.15) is 86.5 Å². The van der Waals surface area contributed by atoms with Crippen LogP contribution in [0.3, 0.4) is 0 Å². The Morgan fingerprint density at radius 2 is 1.14 bits per heavy atom. The maximum atomic E-state index is 6.17. The molecular weight excluding hydrogens is 276 g/mol. The van der Waals surface area contributed by atoms with E-state index in [1.165, 1.54) is 44.9 Å². The van der Waals surface area contributed by atoms with Crippen molar-refractivity contribution in [3.05, 3.63) is 0 Å². The van der Waals surface area contributed by atoms with E-state index in [1.54, 1.807) is 0 Å². The molecule has 0 rings (SSSR count). The van der Waals surface area contributed by atoms with E-state index in [0.29, 0.717) is 5.54 Å². The highest BCUT2D eigenvalue weighted by Gasteiger charge is 2.21. The molecule has 0 heterocycles. The summed E-state index contributed by atoms with van der Waals surface area (Å²) < 4.78 is 12.3. The summed E-state index contributed by atoms with van der Waals surface area (Å²) in [7, 11) is -1.49. The minimum Gasteiger partial charge on any atom is -0.396 e. The standard InChI is InChI=1S/C18H40O2Si/c1-7-10-16(4)12-14-19-21(18(6)9-3)20-15-13-17(5)11-8-2/h16-18,21H,7-15H2,1-6H3. The molecule has 0 aromatic heterocycles. The fourth-order valence-corrected chi connectivity index (χ4v) is 4.49. The fourth-order valence-electron chi connectivity index (χ4n) is 2.61. The van der Waals surface area contributed by atoms with E-state index in [4.69, 9.17) is 8.85 Å². The highest BCUT2D eigenvalue weighted by atomic mass is 28.3. The van der Waals surface area contributed by atoms with Crippen molar-refractivity contribution in [2.24, 2.45) is 11.8 Å². The third-order valence-corrected chi connectivity index (χ3v) is 6.99. The zero-order chi connectivity index (χ0) is 16.1. The molecular formula is C18H40O2Si. The molecule has 0 radical (unpaired) electrons. The summed E-state index contributed by atoms with van der Waals surface area (Å²) in [6, 6.07) is 0. The summed E-state index contributed by atoms with van der Waals surface area (Å²) >= 11 is 0. The van der Waals surface area contributed by atoms with Gasteiger partial charge in [0.2, 0.25) is 0 Å². The Morgan fingerprint density at radius 3 is 1.48 bits per heavy atom. The zero-order valence-corrected chi connectivity index (χ0v) is 16.6. The number of hydrogen-bond donors (Lipinski definition) is 0. The molecule has 3 unspecified atom stereocenters. The van der Waals surface area contributed by atoms with Gasteiger partial charge in [0, 0.05) is 13.2 Å². The molecule has 2 nitrogen and oxygen atoms in total. The number of rotatable bonds is 14. The quantitative estimate of drug-likeness (QED) is 0.383. The molecule has 0 aliphatic heterocycles. The highest BCUT2D eigenvalue weighted by Crippen LogP contribution is 2.19. The molecule has 0 aliphatic rings. The van der Waals surface area contributed by atoms with Gasteiger partial charge in [0.25, 0.3) is 0 Å². The number of hydrogen-bond acceptors (Lipinski definition) is 2. The lowest BCUT2D eigenvalue weighted by molar-refractivity contribution is 0.168. The molecule has 0 aliphatic carbocycles. The Morgan fingerprint density at radius 1 is 0.714 bits per heavy atom. The van der Waals surface area contributed by atoms with Gasteiger partial charge in [0.1, 0.15) is 0 Å². The van der Waals surface area contributed by atoms with E-state index in [-0.39, 0.29) is 0 Å². The van der Waals surface area contributed by atoms with Gasteiger partial charge in [0.05, 0.1) is 0 Å². The van der Waals surface area contributed by atoms with Crippen molar-refractivity contribution >= 4 is 9.28 Å². The second kappa shape index (κ2) is 13.8. The molecule has 0 fully saturated rings. The Bertz CT molecular complexity index is 205. The van der Waals surface area contributed by atoms with Crippen molar-refractivity contribution in [1.29, 1.82) is 0 Å². The average Bonchev–Trinajstić information content (AvgIpc) is 2.45. The minimum absolute atomic E-state index is 0.618. The maximum absolute atomic E-state index is 6.17. The Hall–Kier alpha value is 0.137. The van der Waals surface area contributed by atoms with Crippen LogP contribution in [0.2, 0.25) is 5.54 Å². The molecule has 0 spiro atoms. The molecule has 0 saturated carbocycles. The highest BCUT2D eigenvalue weighted by molar-refractivity contribution is 6.46. The molecule has 21 heavy (non-hydrogen) atoms. The van der Waals surface area contributed by atoms with Crippen molar-refractivity contribution in [1.82, 2.24) is 0 Å². The van der Waals surface area contributed by atoms with Crippen LogP contribution >= 0.6 is 0 Å². The molecule has 3 atom stereocenters. The van der Waals surface area contributed by atoms with Crippen molar-refractivity contribution < 1.29 is 8.85 Å². The van der Waals surface area contributed by atoms with Crippen LogP contribution in [0.5, 0.6) is 0 Å². The van der Waals surface area contributed by atoms with Crippen LogP contribution in [-0.4, -0.2) is 22.5 Å². The summed E-state index contributed by atoms with van der Waals surface area (Å²) in [5.74, 6) is 1.57. The molecule has 0 aromatic rings. The fraction of sp³-hybridized carbons (Fsp3) is 1.00. The van der Waals surface area contributed by atoms with E-state index in [1.807, 2.05) is 0 Å². The topological polar surface area (TPSA) is 18.5 Å². The maximum Gasteiger partial charge on any atom is 0.324 e. The lowest BCUT2D eigenvalue weighted by atomic mass is 10.0. The van der Waals surface area contributed by atoms with Gasteiger partial charge in [-0.25, -0.2) is 0 Å². The van der Waals surface area contributed by atoms with Gasteiger partial charge in [-0.05, 0) is 30.2 Å². The van der Waals surface area contributed by atoms with Gasteiger partial charge in [-0.1, -0.05) is 73.6 Å². The van der Waals surface area contributed by atoms with E-state index >= 15 is 0 Å². The normalized spacial score (nSPS) is 17.4. The first kappa shape index (κ1) is 21.1. The van der Waals surface area contributed by atoms with Crippen molar-refractivity contribution in [2.45, 2.75) is 92.0 Å². The van der Waals surface area contributed by atoms with Crippen LogP contribution in [0.4, 0.5) is 0 Å². The second-order valence-electron chi connectivity index (χ2n) is 6.86.